The highest BCUT2D eigenvalue weighted by Gasteiger charge is 2.17. The van der Waals surface area contributed by atoms with Crippen molar-refractivity contribution in [2.75, 3.05) is 18.0 Å². The van der Waals surface area contributed by atoms with Gasteiger partial charge < -0.3 is 4.90 Å². The molecule has 0 spiro atoms. The van der Waals surface area contributed by atoms with Gasteiger partial charge in [0.1, 0.15) is 5.82 Å². The summed E-state index contributed by atoms with van der Waals surface area (Å²) in [6.07, 6.45) is 4.03. The Bertz CT molecular complexity index is 837. The van der Waals surface area contributed by atoms with Crippen LogP contribution < -0.4 is 9.62 Å². The zero-order valence-electron chi connectivity index (χ0n) is 12.9. The molecule has 0 radical (unpaired) electrons. The van der Waals surface area contributed by atoms with Crippen LogP contribution in [0.25, 0.3) is 0 Å². The van der Waals surface area contributed by atoms with Gasteiger partial charge >= 0.3 is 0 Å². The Morgan fingerprint density at radius 2 is 1.83 bits per heavy atom. The van der Waals surface area contributed by atoms with E-state index >= 15 is 0 Å². The molecule has 5 nitrogen and oxygen atoms in total. The average Bonchev–Trinajstić information content (AvgIpc) is 3.10. The second kappa shape index (κ2) is 7.27. The molecule has 1 aromatic carbocycles. The van der Waals surface area contributed by atoms with Crippen LogP contribution in [0.1, 0.15) is 18.4 Å². The smallest absolute Gasteiger partial charge is 0.240 e. The Morgan fingerprint density at radius 3 is 2.54 bits per heavy atom. The van der Waals surface area contributed by atoms with Gasteiger partial charge in [-0.3, -0.25) is 0 Å². The third-order valence-electron chi connectivity index (χ3n) is 3.91. The van der Waals surface area contributed by atoms with Gasteiger partial charge in [0, 0.05) is 25.8 Å². The third-order valence-corrected chi connectivity index (χ3v) is 6.05. The summed E-state index contributed by atoms with van der Waals surface area (Å²) in [6, 6.07) is 7.96. The van der Waals surface area contributed by atoms with E-state index < -0.39 is 10.0 Å². The molecule has 2 heterocycles. The predicted molar refractivity (Wildman–Crippen MR) is 96.2 cm³/mol. The predicted octanol–water partition coefficient (Wildman–Crippen LogP) is 3.47. The summed E-state index contributed by atoms with van der Waals surface area (Å²) in [6.45, 7) is 2.17. The number of anilines is 1. The number of nitrogens with one attached hydrogen (secondary N) is 1. The highest BCUT2D eigenvalue weighted by atomic mass is 35.5. The van der Waals surface area contributed by atoms with Crippen molar-refractivity contribution >= 4 is 39.0 Å². The van der Waals surface area contributed by atoms with Crippen molar-refractivity contribution in [1.82, 2.24) is 9.71 Å². The van der Waals surface area contributed by atoms with Crippen molar-refractivity contribution in [3.05, 3.63) is 52.1 Å². The molecule has 128 valence electrons. The number of halogens is 2. The minimum atomic E-state index is -3.66. The average molecular weight is 386 g/mol. The van der Waals surface area contributed by atoms with Crippen molar-refractivity contribution in [2.24, 2.45) is 0 Å². The number of benzene rings is 1. The molecule has 1 aliphatic rings. The summed E-state index contributed by atoms with van der Waals surface area (Å²) < 4.78 is 27.3. The van der Waals surface area contributed by atoms with E-state index in [1.807, 2.05) is 6.07 Å². The van der Waals surface area contributed by atoms with Crippen LogP contribution in [0.3, 0.4) is 0 Å². The maximum atomic E-state index is 12.4. The maximum Gasteiger partial charge on any atom is 0.240 e. The van der Waals surface area contributed by atoms with E-state index in [4.69, 9.17) is 23.2 Å². The van der Waals surface area contributed by atoms with Crippen LogP contribution in [-0.4, -0.2) is 26.5 Å². The van der Waals surface area contributed by atoms with E-state index in [9.17, 15) is 8.42 Å². The van der Waals surface area contributed by atoms with Crippen molar-refractivity contribution in [1.29, 1.82) is 0 Å². The van der Waals surface area contributed by atoms with Gasteiger partial charge in [-0.2, -0.15) is 0 Å². The molecule has 1 saturated heterocycles. The summed E-state index contributed by atoms with van der Waals surface area (Å²) in [5.41, 5.74) is 0.857. The van der Waals surface area contributed by atoms with Crippen LogP contribution >= 0.6 is 23.2 Å². The summed E-state index contributed by atoms with van der Waals surface area (Å²) in [4.78, 5) is 6.66. The first-order valence-electron chi connectivity index (χ1n) is 7.60. The highest BCUT2D eigenvalue weighted by Crippen LogP contribution is 2.25. The molecule has 24 heavy (non-hydrogen) atoms. The zero-order valence-corrected chi connectivity index (χ0v) is 15.2. The Morgan fingerprint density at radius 1 is 1.08 bits per heavy atom. The van der Waals surface area contributed by atoms with Crippen molar-refractivity contribution in [3.63, 3.8) is 0 Å². The van der Waals surface area contributed by atoms with Gasteiger partial charge in [0.2, 0.25) is 10.0 Å². The van der Waals surface area contributed by atoms with Crippen LogP contribution in [0.2, 0.25) is 10.0 Å². The largest absolute Gasteiger partial charge is 0.357 e. The van der Waals surface area contributed by atoms with Gasteiger partial charge in [0.05, 0.1) is 14.9 Å². The molecule has 1 aliphatic heterocycles. The van der Waals surface area contributed by atoms with E-state index in [0.29, 0.717) is 5.02 Å². The molecule has 0 unspecified atom stereocenters. The number of pyridine rings is 1. The fraction of sp³-hybridized carbons (Fsp3) is 0.312. The van der Waals surface area contributed by atoms with E-state index in [2.05, 4.69) is 14.6 Å². The molecule has 0 amide bonds. The molecule has 0 bridgehead atoms. The Labute approximate surface area is 151 Å². The van der Waals surface area contributed by atoms with Gasteiger partial charge in [0.15, 0.2) is 0 Å². The molecule has 1 fully saturated rings. The van der Waals surface area contributed by atoms with Gasteiger partial charge in [-0.15, -0.1) is 0 Å². The van der Waals surface area contributed by atoms with Crippen molar-refractivity contribution < 1.29 is 8.42 Å². The lowest BCUT2D eigenvalue weighted by Crippen LogP contribution is -2.24. The first-order valence-corrected chi connectivity index (χ1v) is 9.84. The first-order chi connectivity index (χ1) is 11.5. The van der Waals surface area contributed by atoms with E-state index in [0.717, 1.165) is 37.3 Å². The van der Waals surface area contributed by atoms with Gasteiger partial charge in [-0.25, -0.2) is 18.1 Å². The molecule has 0 saturated carbocycles. The maximum absolute atomic E-state index is 12.4. The summed E-state index contributed by atoms with van der Waals surface area (Å²) in [5.74, 6) is 0.888. The lowest BCUT2D eigenvalue weighted by molar-refractivity contribution is 0.581. The minimum Gasteiger partial charge on any atom is -0.357 e. The SMILES string of the molecule is O=S(=O)(NCc1ccnc(N2CCCC2)c1)c1ccc(Cl)c(Cl)c1. The van der Waals surface area contributed by atoms with Crippen molar-refractivity contribution in [3.8, 4) is 0 Å². The number of sulfonamides is 1. The molecule has 0 aliphatic carbocycles. The monoisotopic (exact) mass is 385 g/mol. The topological polar surface area (TPSA) is 62.3 Å². The number of hydrogen-bond acceptors (Lipinski definition) is 4. The molecule has 1 aromatic heterocycles. The van der Waals surface area contributed by atoms with Gasteiger partial charge in [-0.05, 0) is 48.7 Å². The Balaban J connectivity index is 1.72. The van der Waals surface area contributed by atoms with Crippen LogP contribution in [0, 0.1) is 0 Å². The van der Waals surface area contributed by atoms with Crippen LogP contribution in [0.4, 0.5) is 5.82 Å². The van der Waals surface area contributed by atoms with Crippen LogP contribution in [-0.2, 0) is 16.6 Å². The normalized spacial score (nSPS) is 15.0. The standard InChI is InChI=1S/C16H17Cl2N3O2S/c17-14-4-3-13(10-15(14)18)24(22,23)20-11-12-5-6-19-16(9-12)21-7-1-2-8-21/h3-6,9-10,20H,1-2,7-8,11H2. The fourth-order valence-corrected chi connectivity index (χ4v) is 4.00. The Kier molecular flexibility index (Phi) is 5.30. The molecular weight excluding hydrogens is 369 g/mol. The second-order valence-corrected chi connectivity index (χ2v) is 8.20. The molecule has 8 heteroatoms. The van der Waals surface area contributed by atoms with E-state index in [1.165, 1.54) is 18.2 Å². The lowest BCUT2D eigenvalue weighted by atomic mass is 10.2. The summed E-state index contributed by atoms with van der Waals surface area (Å²) in [5, 5.41) is 0.528. The number of nitrogens with zero attached hydrogens (tertiary/aromatic N) is 2. The Hall–Kier alpha value is -1.34. The quantitative estimate of drug-likeness (QED) is 0.855. The highest BCUT2D eigenvalue weighted by molar-refractivity contribution is 7.89. The van der Waals surface area contributed by atoms with Gasteiger partial charge in [-0.1, -0.05) is 23.2 Å². The van der Waals surface area contributed by atoms with E-state index in [-0.39, 0.29) is 16.5 Å². The number of aromatic nitrogens is 1. The van der Waals surface area contributed by atoms with Gasteiger partial charge in [0.25, 0.3) is 0 Å². The molecule has 0 atom stereocenters. The van der Waals surface area contributed by atoms with E-state index in [1.54, 1.807) is 12.3 Å². The zero-order chi connectivity index (χ0) is 17.2. The first kappa shape index (κ1) is 17.5. The second-order valence-electron chi connectivity index (χ2n) is 5.62. The molecule has 3 rings (SSSR count). The summed E-state index contributed by atoms with van der Waals surface area (Å²) in [7, 11) is -3.66. The van der Waals surface area contributed by atoms with Crippen LogP contribution in [0.5, 0.6) is 0 Å². The molecular formula is C16H17Cl2N3O2S. The van der Waals surface area contributed by atoms with Crippen molar-refractivity contribution in [2.45, 2.75) is 24.3 Å². The van der Waals surface area contributed by atoms with Crippen LogP contribution in [0.15, 0.2) is 41.4 Å². The summed E-state index contributed by atoms with van der Waals surface area (Å²) >= 11 is 11.7. The lowest BCUT2D eigenvalue weighted by Gasteiger charge is -2.17. The molecule has 2 aromatic rings. The minimum absolute atomic E-state index is 0.0886. The molecule has 1 N–H and O–H groups in total. The fourth-order valence-electron chi connectivity index (χ4n) is 2.60. The number of rotatable bonds is 5. The third kappa shape index (κ3) is 4.00. The number of hydrogen-bond donors (Lipinski definition) is 1.